The van der Waals surface area contributed by atoms with E-state index >= 15 is 0 Å². The van der Waals surface area contributed by atoms with Crippen molar-refractivity contribution in [3.05, 3.63) is 479 Å². The van der Waals surface area contributed by atoms with Gasteiger partial charge in [0.15, 0.2) is 52.4 Å². The number of aromatic nitrogens is 9. The Bertz CT molecular complexity index is 9560. The Morgan fingerprint density at radius 2 is 0.408 bits per heavy atom. The van der Waals surface area contributed by atoms with Crippen LogP contribution in [0.15, 0.2) is 479 Å². The van der Waals surface area contributed by atoms with Gasteiger partial charge in [-0.05, 0) is 192 Å². The lowest BCUT2D eigenvalue weighted by Gasteiger charge is -2.23. The molecule has 0 amide bonds. The molecule has 0 spiro atoms. The lowest BCUT2D eigenvalue weighted by molar-refractivity contribution is 1.07. The van der Waals surface area contributed by atoms with Crippen molar-refractivity contribution in [1.29, 1.82) is 0 Å². The Kier molecular flexibility index (Phi) is 22.1. The third-order valence-corrected chi connectivity index (χ3v) is 41.0. The third kappa shape index (κ3) is 16.0. The highest BCUT2D eigenvalue weighted by Crippen LogP contribution is 2.44. The molecule has 0 saturated carbocycles. The van der Waals surface area contributed by atoms with Crippen molar-refractivity contribution in [3.8, 4) is 180 Å². The molecule has 0 bridgehead atoms. The van der Waals surface area contributed by atoms with E-state index in [9.17, 15) is 0 Å². The maximum Gasteiger partial charge on any atom is 0.164 e. The molecule has 0 aliphatic carbocycles. The van der Waals surface area contributed by atoms with Crippen molar-refractivity contribution >= 4 is 120 Å². The Balaban J connectivity index is 0.000000112. The zero-order valence-electron chi connectivity index (χ0n) is 82.1. The summed E-state index contributed by atoms with van der Waals surface area (Å²) in [7, 11) is -6.08. The zero-order valence-corrected chi connectivity index (χ0v) is 85.1. The predicted octanol–water partition coefficient (Wildman–Crippen LogP) is 30.6. The molecule has 0 unspecified atom stereocenters. The molecule has 0 N–H and O–H groups in total. The lowest BCUT2D eigenvalue weighted by atomic mass is 9.96. The van der Waals surface area contributed by atoms with Crippen molar-refractivity contribution in [2.24, 2.45) is 0 Å². The Labute approximate surface area is 857 Å². The van der Waals surface area contributed by atoms with E-state index in [0.717, 1.165) is 66.8 Å². The fourth-order valence-electron chi connectivity index (χ4n) is 23.2. The van der Waals surface area contributed by atoms with Crippen LogP contribution in [0.25, 0.3) is 245 Å². The highest BCUT2D eigenvalue weighted by Gasteiger charge is 2.44. The summed E-state index contributed by atoms with van der Waals surface area (Å²) in [4.78, 5) is 46.3. The Morgan fingerprint density at radius 1 is 0.129 bits per heavy atom. The lowest BCUT2D eigenvalue weighted by Crippen LogP contribution is -2.50. The molecule has 25 aromatic rings. The summed E-state index contributed by atoms with van der Waals surface area (Å²) in [5, 5.41) is 24.2. The van der Waals surface area contributed by atoms with Crippen LogP contribution in [0.2, 0.25) is 39.3 Å². The zero-order chi connectivity index (χ0) is 98.6. The minimum Gasteiger partial charge on any atom is -0.208 e. The van der Waals surface area contributed by atoms with Gasteiger partial charge >= 0.3 is 0 Å². The second-order valence-corrected chi connectivity index (χ2v) is 53.0. The fourth-order valence-corrected chi connectivity index (χ4v) is 33.9. The van der Waals surface area contributed by atoms with Gasteiger partial charge in [0.25, 0.3) is 0 Å². The van der Waals surface area contributed by atoms with E-state index in [1.807, 2.05) is 42.5 Å². The monoisotopic (exact) mass is 1930 g/mol. The van der Waals surface area contributed by atoms with Crippen molar-refractivity contribution in [3.63, 3.8) is 0 Å². The van der Waals surface area contributed by atoms with E-state index in [1.54, 1.807) is 0 Å². The molecule has 147 heavy (non-hydrogen) atoms. The highest BCUT2D eigenvalue weighted by atomic mass is 28.3. The quantitative estimate of drug-likeness (QED) is 0.104. The number of nitrogens with zero attached hydrogens (tertiary/aromatic N) is 9. The molecule has 3 aliphatic heterocycles. The van der Waals surface area contributed by atoms with Crippen LogP contribution in [0.4, 0.5) is 0 Å². The maximum absolute atomic E-state index is 5.30. The number of benzene rings is 22. The van der Waals surface area contributed by atoms with Gasteiger partial charge in [0.2, 0.25) is 0 Å². The maximum atomic E-state index is 5.30. The SMILES string of the molecule is C[Si]1(C)c2c(-c3nc(-c4ccc(-c5ccc6ccccc6c5)cc4)nc(-c4cccc(-c5ccccc5)c4)n3)cccc2-c2ccc3ccccc3c21.C[Si]1(C)c2ccc(-c3nc(-c4ccccc4)nc(-c4ccc(-c5cccc6ccccc56)cc4)n3)cc2-c2ccc3ccccc3c21.C[Si]1(C)c2cccc(-c3nc(-c4ccccc4)nc(-c4ccc(-c5cccc6ccccc56)cc4)n3)c2-c2ccc3ccccc3c21. The number of rotatable bonds is 13. The first-order valence-electron chi connectivity index (χ1n) is 50.4. The van der Waals surface area contributed by atoms with Crippen LogP contribution in [-0.4, -0.2) is 69.1 Å². The predicted molar refractivity (Wildman–Crippen MR) is 622 cm³/mol. The van der Waals surface area contributed by atoms with Crippen molar-refractivity contribution in [2.45, 2.75) is 39.3 Å². The molecule has 22 aromatic carbocycles. The summed E-state index contributed by atoms with van der Waals surface area (Å²) in [5.41, 5.74) is 26.2. The van der Waals surface area contributed by atoms with Crippen LogP contribution >= 0.6 is 0 Å². The average molecular weight is 1930 g/mol. The minimum absolute atomic E-state index is 0.665. The van der Waals surface area contributed by atoms with Crippen molar-refractivity contribution in [1.82, 2.24) is 44.9 Å². The number of hydrogen-bond acceptors (Lipinski definition) is 9. The van der Waals surface area contributed by atoms with Crippen LogP contribution in [-0.2, 0) is 0 Å². The van der Waals surface area contributed by atoms with Crippen LogP contribution in [0, 0.1) is 0 Å². The van der Waals surface area contributed by atoms with E-state index in [2.05, 4.69) is 476 Å². The standard InChI is InChI=1S/C49H35N3Si.2C43H31N3Si/c1-53(2)45-41-19-9-8-15-35(41)28-29-43(45)42-20-11-21-44(46(42)53)49-51-47(50-48(52-49)40-18-10-17-38(31-40)32-12-4-3-5-13-32)36-25-22-34(23-26-36)39-27-24-33-14-6-7-16-37(33)30-39;1-47(2)38-21-11-20-37(39(38)36-27-26-29-13-7-9-18-35(29)40(36)47)43-45-41(31-14-4-3-5-15-31)44-42(46-43)32-24-22-30(23-25-32)34-19-10-16-28-12-6-8-17-33(28)34;1-47(2)39-26-24-33(27-38(39)37-25-23-29-12-7-9-17-36(29)40(37)47)43-45-41(31-13-4-3-5-14-31)44-42(46-43)32-21-19-30(20-22-32)35-18-10-15-28-11-6-8-16-34(28)35/h3-31H,1-2H3;2*3-27H,1-2H3. The molecule has 0 atom stereocenters. The molecule has 3 aliphatic rings. The second kappa shape index (κ2) is 36.5. The fraction of sp³-hybridized carbons (Fsp3) is 0.0444. The average Bonchev–Trinajstić information content (AvgIpc) is 1.55. The van der Waals surface area contributed by atoms with Gasteiger partial charge in [0, 0.05) is 50.1 Å². The van der Waals surface area contributed by atoms with Gasteiger partial charge in [-0.1, -0.05) is 500 Å². The van der Waals surface area contributed by atoms with Crippen LogP contribution in [0.3, 0.4) is 0 Å². The van der Waals surface area contributed by atoms with Gasteiger partial charge in [-0.2, -0.15) is 0 Å². The minimum atomic E-state index is -2.18. The van der Waals surface area contributed by atoms with Gasteiger partial charge in [-0.25, -0.2) is 44.9 Å². The molecular weight excluding hydrogens is 1830 g/mol. The van der Waals surface area contributed by atoms with Gasteiger partial charge in [-0.15, -0.1) is 0 Å². The molecule has 0 radical (unpaired) electrons. The Hall–Kier alpha value is -17.9. The van der Waals surface area contributed by atoms with Crippen LogP contribution < -0.4 is 31.1 Å². The summed E-state index contributed by atoms with van der Waals surface area (Å²) in [6, 6.07) is 171. The van der Waals surface area contributed by atoms with Gasteiger partial charge < -0.3 is 0 Å². The first kappa shape index (κ1) is 89.2. The van der Waals surface area contributed by atoms with Gasteiger partial charge in [-0.3, -0.25) is 0 Å². The van der Waals surface area contributed by atoms with E-state index in [0.29, 0.717) is 52.4 Å². The topological polar surface area (TPSA) is 116 Å². The summed E-state index contributed by atoms with van der Waals surface area (Å²) >= 11 is 0. The molecule has 0 fully saturated rings. The summed E-state index contributed by atoms with van der Waals surface area (Å²) in [5.74, 6) is 6.11. The molecular formula is C135H97N9Si3. The highest BCUT2D eigenvalue weighted by molar-refractivity contribution is 7.07. The van der Waals surface area contributed by atoms with Crippen LogP contribution in [0.5, 0.6) is 0 Å². The smallest absolute Gasteiger partial charge is 0.164 e. The van der Waals surface area contributed by atoms with E-state index in [1.165, 1.54) is 157 Å². The molecule has 6 heterocycles. The molecule has 0 saturated heterocycles. The summed E-state index contributed by atoms with van der Waals surface area (Å²) < 4.78 is 0. The number of fused-ring (bicyclic) bond motifs is 18. The molecule has 12 heteroatoms. The molecule has 3 aromatic heterocycles. The number of hydrogen-bond donors (Lipinski definition) is 0. The van der Waals surface area contributed by atoms with Crippen LogP contribution in [0.1, 0.15) is 0 Å². The first-order chi connectivity index (χ1) is 72.1. The van der Waals surface area contributed by atoms with E-state index in [-0.39, 0.29) is 0 Å². The first-order valence-corrected chi connectivity index (χ1v) is 59.4. The summed E-state index contributed by atoms with van der Waals surface area (Å²) in [6.07, 6.45) is 0. The second-order valence-electron chi connectivity index (χ2n) is 40.2. The van der Waals surface area contributed by atoms with E-state index in [4.69, 9.17) is 44.9 Å². The largest absolute Gasteiger partial charge is 0.208 e. The Morgan fingerprint density at radius 3 is 0.918 bits per heavy atom. The molecule has 694 valence electrons. The molecule has 28 rings (SSSR count). The third-order valence-electron chi connectivity index (χ3n) is 30.3. The molecule has 9 nitrogen and oxygen atoms in total. The van der Waals surface area contributed by atoms with Gasteiger partial charge in [0.05, 0.1) is 0 Å². The van der Waals surface area contributed by atoms with Gasteiger partial charge in [0.1, 0.15) is 24.2 Å². The van der Waals surface area contributed by atoms with Crippen molar-refractivity contribution < 1.29 is 0 Å². The van der Waals surface area contributed by atoms with E-state index < -0.39 is 24.2 Å². The van der Waals surface area contributed by atoms with Crippen molar-refractivity contribution in [2.75, 3.05) is 0 Å². The normalized spacial score (nSPS) is 13.0. The summed E-state index contributed by atoms with van der Waals surface area (Å²) in [6.45, 7) is 14.8.